The molecule has 1 unspecified atom stereocenters. The van der Waals surface area contributed by atoms with Crippen LogP contribution in [0.4, 0.5) is 0 Å². The summed E-state index contributed by atoms with van der Waals surface area (Å²) in [5.41, 5.74) is 3.36. The van der Waals surface area contributed by atoms with Crippen LogP contribution in [0, 0.1) is 6.92 Å². The van der Waals surface area contributed by atoms with Gasteiger partial charge in [-0.1, -0.05) is 26.0 Å². The van der Waals surface area contributed by atoms with Gasteiger partial charge < -0.3 is 23.8 Å². The highest BCUT2D eigenvalue weighted by Gasteiger charge is 2.31. The van der Waals surface area contributed by atoms with E-state index in [0.717, 1.165) is 29.7 Å². The number of amides is 1. The molecule has 0 spiro atoms. The van der Waals surface area contributed by atoms with Gasteiger partial charge in [0, 0.05) is 6.54 Å². The molecule has 2 aliphatic heterocycles. The van der Waals surface area contributed by atoms with Crippen molar-refractivity contribution in [1.29, 1.82) is 0 Å². The van der Waals surface area contributed by atoms with Gasteiger partial charge in [-0.25, -0.2) is 4.79 Å². The molecule has 0 bridgehead atoms. The van der Waals surface area contributed by atoms with Gasteiger partial charge in [-0.2, -0.15) is 0 Å². The molecular formula is C26H31NO6. The maximum Gasteiger partial charge on any atom is 0.344 e. The van der Waals surface area contributed by atoms with Gasteiger partial charge in [0.25, 0.3) is 5.91 Å². The quantitative estimate of drug-likeness (QED) is 0.586. The first-order chi connectivity index (χ1) is 15.9. The van der Waals surface area contributed by atoms with Crippen molar-refractivity contribution >= 4 is 11.9 Å². The number of hydrogen-bond acceptors (Lipinski definition) is 6. The number of nitrogens with zero attached hydrogens (tertiary/aromatic N) is 1. The average Bonchev–Trinajstić information content (AvgIpc) is 3.31. The molecule has 0 N–H and O–H groups in total. The molecule has 176 valence electrons. The SMILES string of the molecule is Cc1cc(OCC(=O)OCC(=O)N2CCCC2c2ccc3c(c2)OCCO3)ccc1C(C)C. The lowest BCUT2D eigenvalue weighted by atomic mass is 9.98. The molecule has 0 saturated carbocycles. The monoisotopic (exact) mass is 453 g/mol. The molecule has 0 aliphatic carbocycles. The summed E-state index contributed by atoms with van der Waals surface area (Å²) in [4.78, 5) is 26.7. The van der Waals surface area contributed by atoms with E-state index in [1.807, 2.05) is 43.3 Å². The van der Waals surface area contributed by atoms with Crippen molar-refractivity contribution in [3.8, 4) is 17.2 Å². The molecule has 0 aromatic heterocycles. The van der Waals surface area contributed by atoms with Crippen LogP contribution in [-0.2, 0) is 14.3 Å². The summed E-state index contributed by atoms with van der Waals surface area (Å²) in [6, 6.07) is 11.5. The largest absolute Gasteiger partial charge is 0.486 e. The smallest absolute Gasteiger partial charge is 0.344 e. The molecule has 0 radical (unpaired) electrons. The highest BCUT2D eigenvalue weighted by Crippen LogP contribution is 2.38. The fraction of sp³-hybridized carbons (Fsp3) is 0.462. The summed E-state index contributed by atoms with van der Waals surface area (Å²) in [6.07, 6.45) is 1.75. The number of ether oxygens (including phenoxy) is 4. The zero-order valence-electron chi connectivity index (χ0n) is 19.5. The standard InChI is InChI=1S/C26H31NO6/c1-17(2)21-8-7-20(13-18(21)3)32-16-26(29)33-15-25(28)27-10-4-5-22(27)19-6-9-23-24(14-19)31-12-11-30-23/h6-9,13-14,17,22H,4-5,10-12,15-16H2,1-3H3. The lowest BCUT2D eigenvalue weighted by Gasteiger charge is -2.26. The summed E-state index contributed by atoms with van der Waals surface area (Å²) >= 11 is 0. The predicted molar refractivity (Wildman–Crippen MR) is 123 cm³/mol. The fourth-order valence-electron chi connectivity index (χ4n) is 4.47. The third-order valence-electron chi connectivity index (χ3n) is 6.10. The molecule has 1 fully saturated rings. The van der Waals surface area contributed by atoms with Crippen LogP contribution in [-0.4, -0.2) is 49.7 Å². The number of carbonyl (C=O) groups excluding carboxylic acids is 2. The molecular weight excluding hydrogens is 422 g/mol. The van der Waals surface area contributed by atoms with Crippen LogP contribution in [0.2, 0.25) is 0 Å². The van der Waals surface area contributed by atoms with Crippen molar-refractivity contribution in [2.45, 2.75) is 45.6 Å². The first-order valence-electron chi connectivity index (χ1n) is 11.5. The molecule has 1 atom stereocenters. The van der Waals surface area contributed by atoms with Crippen molar-refractivity contribution < 1.29 is 28.5 Å². The Labute approximate surface area is 194 Å². The van der Waals surface area contributed by atoms with E-state index in [1.165, 1.54) is 5.56 Å². The van der Waals surface area contributed by atoms with E-state index >= 15 is 0 Å². The van der Waals surface area contributed by atoms with E-state index in [4.69, 9.17) is 18.9 Å². The maximum absolute atomic E-state index is 12.8. The van der Waals surface area contributed by atoms with Crippen LogP contribution >= 0.6 is 0 Å². The lowest BCUT2D eigenvalue weighted by Crippen LogP contribution is -2.34. The molecule has 7 heteroatoms. The number of esters is 1. The summed E-state index contributed by atoms with van der Waals surface area (Å²) in [5, 5.41) is 0. The third-order valence-corrected chi connectivity index (χ3v) is 6.10. The van der Waals surface area contributed by atoms with E-state index in [0.29, 0.717) is 37.2 Å². The summed E-state index contributed by atoms with van der Waals surface area (Å²) in [7, 11) is 0. The molecule has 4 rings (SSSR count). The second-order valence-corrected chi connectivity index (χ2v) is 8.77. The van der Waals surface area contributed by atoms with Gasteiger partial charge in [0.1, 0.15) is 19.0 Å². The molecule has 33 heavy (non-hydrogen) atoms. The Kier molecular flexibility index (Phi) is 7.06. The number of benzene rings is 2. The summed E-state index contributed by atoms with van der Waals surface area (Å²) in [6.45, 7) is 7.45. The second kappa shape index (κ2) is 10.1. The molecule has 1 saturated heterocycles. The summed E-state index contributed by atoms with van der Waals surface area (Å²) in [5.74, 6) is 1.69. The topological polar surface area (TPSA) is 74.3 Å². The first kappa shape index (κ1) is 23.0. The summed E-state index contributed by atoms with van der Waals surface area (Å²) < 4.78 is 22.0. The van der Waals surface area contributed by atoms with E-state index < -0.39 is 5.97 Å². The zero-order valence-corrected chi connectivity index (χ0v) is 19.5. The van der Waals surface area contributed by atoms with Crippen LogP contribution in [0.3, 0.4) is 0 Å². The van der Waals surface area contributed by atoms with Gasteiger partial charge >= 0.3 is 5.97 Å². The third kappa shape index (κ3) is 5.41. The number of likely N-dealkylation sites (tertiary alicyclic amines) is 1. The molecule has 2 heterocycles. The van der Waals surface area contributed by atoms with E-state index in [-0.39, 0.29) is 25.2 Å². The van der Waals surface area contributed by atoms with Crippen LogP contribution in [0.15, 0.2) is 36.4 Å². The highest BCUT2D eigenvalue weighted by molar-refractivity contribution is 5.81. The highest BCUT2D eigenvalue weighted by atomic mass is 16.6. The van der Waals surface area contributed by atoms with Crippen LogP contribution in [0.1, 0.15) is 55.3 Å². The van der Waals surface area contributed by atoms with Crippen molar-refractivity contribution in [3.05, 3.63) is 53.1 Å². The number of fused-ring (bicyclic) bond motifs is 1. The molecule has 7 nitrogen and oxygen atoms in total. The molecule has 2 aromatic carbocycles. The average molecular weight is 454 g/mol. The number of aryl methyl sites for hydroxylation is 1. The Morgan fingerprint density at radius 3 is 2.61 bits per heavy atom. The van der Waals surface area contributed by atoms with Gasteiger partial charge in [-0.15, -0.1) is 0 Å². The minimum atomic E-state index is -0.566. The second-order valence-electron chi connectivity index (χ2n) is 8.77. The van der Waals surface area contributed by atoms with E-state index in [2.05, 4.69) is 13.8 Å². The number of hydrogen-bond donors (Lipinski definition) is 0. The van der Waals surface area contributed by atoms with Crippen LogP contribution in [0.5, 0.6) is 17.2 Å². The Bertz CT molecular complexity index is 1020. The molecule has 2 aliphatic rings. The Morgan fingerprint density at radius 2 is 1.85 bits per heavy atom. The Balaban J connectivity index is 1.29. The Morgan fingerprint density at radius 1 is 1.06 bits per heavy atom. The lowest BCUT2D eigenvalue weighted by molar-refractivity contribution is -0.154. The number of rotatable bonds is 7. The van der Waals surface area contributed by atoms with E-state index in [9.17, 15) is 9.59 Å². The van der Waals surface area contributed by atoms with E-state index in [1.54, 1.807) is 4.90 Å². The van der Waals surface area contributed by atoms with Gasteiger partial charge in [-0.3, -0.25) is 4.79 Å². The zero-order chi connectivity index (χ0) is 23.4. The molecule has 1 amide bonds. The first-order valence-corrected chi connectivity index (χ1v) is 11.5. The predicted octanol–water partition coefficient (Wildman–Crippen LogP) is 4.18. The van der Waals surface area contributed by atoms with Gasteiger partial charge in [0.2, 0.25) is 0 Å². The van der Waals surface area contributed by atoms with Gasteiger partial charge in [-0.05, 0) is 66.6 Å². The van der Waals surface area contributed by atoms with Gasteiger partial charge in [0.15, 0.2) is 24.7 Å². The van der Waals surface area contributed by atoms with Gasteiger partial charge in [0.05, 0.1) is 6.04 Å². The maximum atomic E-state index is 12.8. The van der Waals surface area contributed by atoms with Crippen molar-refractivity contribution in [1.82, 2.24) is 4.90 Å². The van der Waals surface area contributed by atoms with Crippen molar-refractivity contribution in [3.63, 3.8) is 0 Å². The van der Waals surface area contributed by atoms with Crippen LogP contribution < -0.4 is 14.2 Å². The number of carbonyl (C=O) groups is 2. The van der Waals surface area contributed by atoms with Crippen LogP contribution in [0.25, 0.3) is 0 Å². The minimum Gasteiger partial charge on any atom is -0.486 e. The molecule has 2 aromatic rings. The fourth-order valence-corrected chi connectivity index (χ4v) is 4.47. The minimum absolute atomic E-state index is 0.0641. The Hall–Kier alpha value is -3.22. The van der Waals surface area contributed by atoms with Crippen molar-refractivity contribution in [2.75, 3.05) is 33.0 Å². The van der Waals surface area contributed by atoms with Crippen molar-refractivity contribution in [2.24, 2.45) is 0 Å². The normalized spacial score (nSPS) is 17.2.